The Morgan fingerprint density at radius 3 is 2.71 bits per heavy atom. The third kappa shape index (κ3) is 4.31. The van der Waals surface area contributed by atoms with E-state index in [1.807, 2.05) is 43.7 Å². The van der Waals surface area contributed by atoms with Crippen molar-refractivity contribution in [3.63, 3.8) is 0 Å². The number of hydrogen-bond acceptors (Lipinski definition) is 4. The molecule has 5 heteroatoms. The molecular formula is C19H24N4O. The van der Waals surface area contributed by atoms with Crippen LogP contribution in [0.5, 0.6) is 0 Å². The lowest BCUT2D eigenvalue weighted by atomic mass is 10.2. The minimum Gasteiger partial charge on any atom is -0.374 e. The summed E-state index contributed by atoms with van der Waals surface area (Å²) in [6.45, 7) is 0.873. The highest BCUT2D eigenvalue weighted by Gasteiger charge is 2.19. The summed E-state index contributed by atoms with van der Waals surface area (Å²) in [5.41, 5.74) is 2.76. The topological polar surface area (TPSA) is 58.1 Å². The third-order valence-corrected chi connectivity index (χ3v) is 4.59. The van der Waals surface area contributed by atoms with Crippen LogP contribution in [-0.4, -0.2) is 35.5 Å². The number of anilines is 1. The van der Waals surface area contributed by atoms with Gasteiger partial charge in [-0.3, -0.25) is 14.8 Å². The third-order valence-electron chi connectivity index (χ3n) is 4.59. The fourth-order valence-electron chi connectivity index (χ4n) is 3.09. The number of pyridine rings is 2. The minimum absolute atomic E-state index is 0.0636. The van der Waals surface area contributed by atoms with E-state index in [-0.39, 0.29) is 5.91 Å². The Balaban J connectivity index is 1.60. The number of nitrogens with zero attached hydrogens (tertiary/aromatic N) is 3. The summed E-state index contributed by atoms with van der Waals surface area (Å²) in [5.74, 6) is -0.0636. The molecule has 0 bridgehead atoms. The van der Waals surface area contributed by atoms with E-state index in [1.165, 1.54) is 18.4 Å². The number of rotatable bonds is 6. The molecule has 24 heavy (non-hydrogen) atoms. The van der Waals surface area contributed by atoms with Crippen LogP contribution in [0.15, 0.2) is 42.9 Å². The largest absolute Gasteiger partial charge is 0.374 e. The van der Waals surface area contributed by atoms with Crippen molar-refractivity contribution in [1.29, 1.82) is 0 Å². The molecule has 1 aliphatic carbocycles. The molecule has 1 aliphatic rings. The molecule has 126 valence electrons. The number of amides is 1. The Labute approximate surface area is 143 Å². The number of carbonyl (C=O) groups is 1. The van der Waals surface area contributed by atoms with Gasteiger partial charge in [-0.05, 0) is 49.1 Å². The van der Waals surface area contributed by atoms with E-state index in [0.29, 0.717) is 11.7 Å². The molecule has 0 radical (unpaired) electrons. The van der Waals surface area contributed by atoms with Crippen LogP contribution in [0.1, 0.15) is 41.7 Å². The number of carbonyl (C=O) groups excluding carboxylic acids is 1. The van der Waals surface area contributed by atoms with Crippen molar-refractivity contribution in [2.24, 2.45) is 0 Å². The van der Waals surface area contributed by atoms with E-state index in [4.69, 9.17) is 0 Å². The van der Waals surface area contributed by atoms with Gasteiger partial charge in [0, 0.05) is 43.9 Å². The minimum atomic E-state index is -0.0636. The SMILES string of the molecule is CN(CCc1ccncc1)c1ccnc(C(=O)NC2CCCC2)c1. The number of nitrogens with one attached hydrogen (secondary N) is 1. The van der Waals surface area contributed by atoms with E-state index in [1.54, 1.807) is 6.20 Å². The van der Waals surface area contributed by atoms with Gasteiger partial charge in [-0.2, -0.15) is 0 Å². The molecule has 1 N–H and O–H groups in total. The Kier molecular flexibility index (Phi) is 5.41. The summed E-state index contributed by atoms with van der Waals surface area (Å²) in [6, 6.07) is 8.18. The Morgan fingerprint density at radius 2 is 1.96 bits per heavy atom. The number of hydrogen-bond donors (Lipinski definition) is 1. The molecule has 0 aliphatic heterocycles. The van der Waals surface area contributed by atoms with Gasteiger partial charge >= 0.3 is 0 Å². The summed E-state index contributed by atoms with van der Waals surface area (Å²) in [6.07, 6.45) is 10.8. The molecule has 5 nitrogen and oxygen atoms in total. The van der Waals surface area contributed by atoms with Crippen molar-refractivity contribution in [2.75, 3.05) is 18.5 Å². The van der Waals surface area contributed by atoms with Gasteiger partial charge in [-0.15, -0.1) is 0 Å². The molecule has 1 amide bonds. The van der Waals surface area contributed by atoms with Crippen molar-refractivity contribution in [3.8, 4) is 0 Å². The van der Waals surface area contributed by atoms with E-state index < -0.39 is 0 Å². The van der Waals surface area contributed by atoms with Crippen molar-refractivity contribution < 1.29 is 4.79 Å². The second-order valence-electron chi connectivity index (χ2n) is 6.38. The van der Waals surface area contributed by atoms with E-state index in [2.05, 4.69) is 20.2 Å². The Bertz CT molecular complexity index is 668. The predicted octanol–water partition coefficient (Wildman–Crippen LogP) is 2.83. The first-order chi connectivity index (χ1) is 11.7. The van der Waals surface area contributed by atoms with Crippen LogP contribution in [0, 0.1) is 0 Å². The maximum atomic E-state index is 12.4. The summed E-state index contributed by atoms with van der Waals surface area (Å²) < 4.78 is 0. The van der Waals surface area contributed by atoms with Gasteiger partial charge in [-0.25, -0.2) is 0 Å². The Morgan fingerprint density at radius 1 is 1.21 bits per heavy atom. The van der Waals surface area contributed by atoms with Crippen LogP contribution in [0.4, 0.5) is 5.69 Å². The van der Waals surface area contributed by atoms with Crippen LogP contribution in [0.25, 0.3) is 0 Å². The molecule has 0 atom stereocenters. The first kappa shape index (κ1) is 16.4. The number of likely N-dealkylation sites (N-methyl/N-ethyl adjacent to an activating group) is 1. The molecular weight excluding hydrogens is 300 g/mol. The maximum Gasteiger partial charge on any atom is 0.270 e. The Hall–Kier alpha value is -2.43. The van der Waals surface area contributed by atoms with Gasteiger partial charge in [0.2, 0.25) is 0 Å². The summed E-state index contributed by atoms with van der Waals surface area (Å²) >= 11 is 0. The van der Waals surface area contributed by atoms with Crippen LogP contribution in [0.2, 0.25) is 0 Å². The highest BCUT2D eigenvalue weighted by Crippen LogP contribution is 2.19. The fourth-order valence-corrected chi connectivity index (χ4v) is 3.09. The second kappa shape index (κ2) is 7.90. The van der Waals surface area contributed by atoms with Crippen LogP contribution in [-0.2, 0) is 6.42 Å². The van der Waals surface area contributed by atoms with Crippen molar-refractivity contribution in [2.45, 2.75) is 38.1 Å². The van der Waals surface area contributed by atoms with E-state index >= 15 is 0 Å². The summed E-state index contributed by atoms with van der Waals surface area (Å²) in [5, 5.41) is 3.09. The molecule has 1 saturated carbocycles. The van der Waals surface area contributed by atoms with Gasteiger partial charge < -0.3 is 10.2 Å². The van der Waals surface area contributed by atoms with Crippen LogP contribution >= 0.6 is 0 Å². The number of aromatic nitrogens is 2. The van der Waals surface area contributed by atoms with E-state index in [0.717, 1.165) is 31.5 Å². The molecule has 0 unspecified atom stereocenters. The monoisotopic (exact) mass is 324 g/mol. The van der Waals surface area contributed by atoms with Crippen molar-refractivity contribution in [3.05, 3.63) is 54.1 Å². The van der Waals surface area contributed by atoms with Gasteiger partial charge in [-0.1, -0.05) is 12.8 Å². The van der Waals surface area contributed by atoms with E-state index in [9.17, 15) is 4.79 Å². The lowest BCUT2D eigenvalue weighted by molar-refractivity contribution is 0.0933. The molecule has 2 heterocycles. The maximum absolute atomic E-state index is 12.4. The zero-order chi connectivity index (χ0) is 16.8. The van der Waals surface area contributed by atoms with Gasteiger partial charge in [0.15, 0.2) is 0 Å². The highest BCUT2D eigenvalue weighted by atomic mass is 16.1. The van der Waals surface area contributed by atoms with Crippen molar-refractivity contribution in [1.82, 2.24) is 15.3 Å². The fraction of sp³-hybridized carbons (Fsp3) is 0.421. The first-order valence-electron chi connectivity index (χ1n) is 8.59. The van der Waals surface area contributed by atoms with Crippen molar-refractivity contribution >= 4 is 11.6 Å². The zero-order valence-corrected chi connectivity index (χ0v) is 14.1. The zero-order valence-electron chi connectivity index (χ0n) is 14.1. The average Bonchev–Trinajstić information content (AvgIpc) is 3.13. The second-order valence-corrected chi connectivity index (χ2v) is 6.38. The molecule has 2 aromatic rings. The smallest absolute Gasteiger partial charge is 0.270 e. The van der Waals surface area contributed by atoms with Gasteiger partial charge in [0.1, 0.15) is 5.69 Å². The lowest BCUT2D eigenvalue weighted by Crippen LogP contribution is -2.33. The normalized spacial score (nSPS) is 14.5. The molecule has 2 aromatic heterocycles. The van der Waals surface area contributed by atoms with Gasteiger partial charge in [0.05, 0.1) is 0 Å². The lowest BCUT2D eigenvalue weighted by Gasteiger charge is -2.20. The molecule has 0 aromatic carbocycles. The van der Waals surface area contributed by atoms with Crippen LogP contribution < -0.4 is 10.2 Å². The molecule has 1 fully saturated rings. The molecule has 0 saturated heterocycles. The molecule has 0 spiro atoms. The highest BCUT2D eigenvalue weighted by molar-refractivity contribution is 5.93. The standard InChI is InChI=1S/C19H24N4O/c1-23(13-9-15-6-10-20-11-7-15)17-8-12-21-18(14-17)19(24)22-16-4-2-3-5-16/h6-8,10-12,14,16H,2-5,9,13H2,1H3,(H,22,24). The first-order valence-corrected chi connectivity index (χ1v) is 8.59. The average molecular weight is 324 g/mol. The predicted molar refractivity (Wildman–Crippen MR) is 95.2 cm³/mol. The van der Waals surface area contributed by atoms with Crippen LogP contribution in [0.3, 0.4) is 0 Å². The van der Waals surface area contributed by atoms with Gasteiger partial charge in [0.25, 0.3) is 5.91 Å². The quantitative estimate of drug-likeness (QED) is 0.888. The summed E-state index contributed by atoms with van der Waals surface area (Å²) in [7, 11) is 2.04. The molecule has 3 rings (SSSR count). The summed E-state index contributed by atoms with van der Waals surface area (Å²) in [4.78, 5) is 22.8.